The van der Waals surface area contributed by atoms with Crippen molar-refractivity contribution >= 4 is 22.3 Å². The summed E-state index contributed by atoms with van der Waals surface area (Å²) in [6.45, 7) is 1.36. The first kappa shape index (κ1) is 15.3. The van der Waals surface area contributed by atoms with Crippen LogP contribution in [0, 0.1) is 0 Å². The van der Waals surface area contributed by atoms with Crippen LogP contribution in [0.1, 0.15) is 12.5 Å². The first-order valence-electron chi connectivity index (χ1n) is 6.03. The van der Waals surface area contributed by atoms with Crippen molar-refractivity contribution in [3.63, 3.8) is 0 Å². The molecular formula is C12H13N2O6S-. The van der Waals surface area contributed by atoms with Gasteiger partial charge >= 0.3 is 10.3 Å². The fourth-order valence-electron chi connectivity index (χ4n) is 1.94. The largest absolute Gasteiger partial charge is 0.596 e. The fraction of sp³-hybridized carbons (Fsp3) is 0.333. The first-order valence-corrected chi connectivity index (χ1v) is 7.42. The highest BCUT2D eigenvalue weighted by Gasteiger charge is 2.50. The van der Waals surface area contributed by atoms with Gasteiger partial charge in [0, 0.05) is 6.61 Å². The topological polar surface area (TPSA) is 119 Å². The summed E-state index contributed by atoms with van der Waals surface area (Å²) < 4.78 is 35.7. The Morgan fingerprint density at radius 3 is 2.57 bits per heavy atom. The highest BCUT2D eigenvalue weighted by atomic mass is 32.2. The molecule has 1 N–H and O–H groups in total. The van der Waals surface area contributed by atoms with E-state index in [0.29, 0.717) is 0 Å². The highest BCUT2D eigenvalue weighted by molar-refractivity contribution is 7.84. The Balaban J connectivity index is 1.96. The van der Waals surface area contributed by atoms with Gasteiger partial charge in [-0.05, 0) is 12.5 Å². The second-order valence-electron chi connectivity index (χ2n) is 4.47. The lowest BCUT2D eigenvalue weighted by molar-refractivity contribution is -0.253. The number of hydrogen-bond acceptors (Lipinski definition) is 6. The van der Waals surface area contributed by atoms with Crippen LogP contribution in [0.5, 0.6) is 0 Å². The molecule has 21 heavy (non-hydrogen) atoms. The van der Waals surface area contributed by atoms with Crippen molar-refractivity contribution in [2.24, 2.45) is 4.99 Å². The quantitative estimate of drug-likeness (QED) is 0.340. The molecule has 1 aliphatic rings. The van der Waals surface area contributed by atoms with Crippen molar-refractivity contribution in [1.82, 2.24) is 4.31 Å². The number of carbonyl (C=O) groups is 1. The Kier molecular flexibility index (Phi) is 4.14. The van der Waals surface area contributed by atoms with E-state index >= 15 is 0 Å². The van der Waals surface area contributed by atoms with Crippen LogP contribution in [0.25, 0.3) is 0 Å². The Morgan fingerprint density at radius 1 is 1.43 bits per heavy atom. The molecule has 0 aromatic heterocycles. The van der Waals surface area contributed by atoms with Crippen LogP contribution in [0.2, 0.25) is 0 Å². The predicted molar refractivity (Wildman–Crippen MR) is 70.3 cm³/mol. The zero-order valence-electron chi connectivity index (χ0n) is 11.0. The van der Waals surface area contributed by atoms with E-state index in [0.717, 1.165) is 5.56 Å². The SMILES string of the molecule is C[C@H]1[C@H](N=C([O-])OCc2ccccc2)C(=O)N1S(=O)(=O)O. The van der Waals surface area contributed by atoms with Gasteiger partial charge in [0.15, 0.2) is 6.04 Å². The molecule has 0 radical (unpaired) electrons. The molecule has 1 aromatic rings. The number of aliphatic imine (C=N–C) groups is 1. The molecule has 2 atom stereocenters. The maximum absolute atomic E-state index is 11.5. The Bertz CT molecular complexity index is 658. The molecule has 1 aliphatic heterocycles. The molecule has 0 aliphatic carbocycles. The molecule has 0 saturated carbocycles. The van der Waals surface area contributed by atoms with Crippen molar-refractivity contribution in [1.29, 1.82) is 0 Å². The number of rotatable bonds is 4. The lowest BCUT2D eigenvalue weighted by atomic mass is 10.0. The van der Waals surface area contributed by atoms with Crippen LogP contribution in [0.4, 0.5) is 0 Å². The van der Waals surface area contributed by atoms with Crippen LogP contribution in [0.3, 0.4) is 0 Å². The summed E-state index contributed by atoms with van der Waals surface area (Å²) in [5.74, 6) is -0.957. The van der Waals surface area contributed by atoms with Crippen molar-refractivity contribution in [3.8, 4) is 0 Å². The molecule has 0 spiro atoms. The lowest BCUT2D eigenvalue weighted by Gasteiger charge is -2.40. The summed E-state index contributed by atoms with van der Waals surface area (Å²) >= 11 is 0. The van der Waals surface area contributed by atoms with E-state index in [1.54, 1.807) is 24.3 Å². The fourth-order valence-corrected chi connectivity index (χ4v) is 2.81. The van der Waals surface area contributed by atoms with Crippen molar-refractivity contribution in [3.05, 3.63) is 35.9 Å². The van der Waals surface area contributed by atoms with Gasteiger partial charge in [-0.2, -0.15) is 8.42 Å². The van der Waals surface area contributed by atoms with Crippen LogP contribution in [-0.2, 0) is 26.4 Å². The van der Waals surface area contributed by atoms with Gasteiger partial charge in [0.2, 0.25) is 0 Å². The summed E-state index contributed by atoms with van der Waals surface area (Å²) in [5.41, 5.74) is 0.758. The summed E-state index contributed by atoms with van der Waals surface area (Å²) in [6.07, 6.45) is -0.959. The van der Waals surface area contributed by atoms with Gasteiger partial charge in [-0.15, -0.1) is 0 Å². The van der Waals surface area contributed by atoms with Crippen LogP contribution < -0.4 is 5.11 Å². The number of amides is 1. The third-order valence-corrected chi connectivity index (χ3v) is 4.00. The van der Waals surface area contributed by atoms with E-state index in [9.17, 15) is 18.3 Å². The second-order valence-corrected chi connectivity index (χ2v) is 5.76. The van der Waals surface area contributed by atoms with Crippen molar-refractivity contribution < 1.29 is 27.6 Å². The smallest absolute Gasteiger partial charge is 0.362 e. The molecular weight excluding hydrogens is 300 g/mol. The van der Waals surface area contributed by atoms with Gasteiger partial charge in [-0.3, -0.25) is 14.3 Å². The van der Waals surface area contributed by atoms with Crippen molar-refractivity contribution in [2.75, 3.05) is 0 Å². The molecule has 1 aromatic carbocycles. The normalized spacial score (nSPS) is 22.9. The summed E-state index contributed by atoms with van der Waals surface area (Å²) in [7, 11) is -4.62. The van der Waals surface area contributed by atoms with Gasteiger partial charge in [0.1, 0.15) is 6.08 Å². The van der Waals surface area contributed by atoms with Gasteiger partial charge in [-0.1, -0.05) is 30.3 Å². The minimum Gasteiger partial charge on any atom is -0.596 e. The van der Waals surface area contributed by atoms with Crippen LogP contribution in [-0.4, -0.2) is 41.4 Å². The summed E-state index contributed by atoms with van der Waals surface area (Å²) in [5, 5.41) is 11.5. The number of hydrogen-bond donors (Lipinski definition) is 1. The third kappa shape index (κ3) is 3.31. The zero-order chi connectivity index (χ0) is 15.6. The third-order valence-electron chi connectivity index (χ3n) is 3.00. The van der Waals surface area contributed by atoms with Gasteiger partial charge in [0.05, 0.1) is 6.04 Å². The first-order chi connectivity index (χ1) is 9.80. The number of benzene rings is 1. The Labute approximate surface area is 121 Å². The maximum Gasteiger partial charge on any atom is 0.362 e. The van der Waals surface area contributed by atoms with Crippen LogP contribution in [0.15, 0.2) is 35.3 Å². The van der Waals surface area contributed by atoms with Gasteiger partial charge in [-0.25, -0.2) is 4.31 Å². The Morgan fingerprint density at radius 2 is 2.05 bits per heavy atom. The van der Waals surface area contributed by atoms with E-state index in [2.05, 4.69) is 4.99 Å². The maximum atomic E-state index is 11.5. The summed E-state index contributed by atoms with van der Waals surface area (Å²) in [6, 6.07) is 6.80. The zero-order valence-corrected chi connectivity index (χ0v) is 11.9. The standard InChI is InChI=1S/C12H14N2O6S/c1-8-10(11(15)14(8)21(17,18)19)13-12(16)20-7-9-5-3-2-4-6-9/h2-6,8,10H,7H2,1H3,(H,13,16)(H,17,18,19)/p-1/t8-,10-/m0/s1. The molecule has 1 amide bonds. The predicted octanol–water partition coefficient (Wildman–Crippen LogP) is -0.678. The average Bonchev–Trinajstić information content (AvgIpc) is 2.42. The number of carbonyl (C=O) groups excluding carboxylic acids is 1. The number of ether oxygens (including phenoxy) is 1. The molecule has 2 rings (SSSR count). The number of β-lactam (4-membered cyclic amide) rings is 1. The molecule has 114 valence electrons. The second kappa shape index (κ2) is 5.70. The molecule has 1 saturated heterocycles. The van der Waals surface area contributed by atoms with Gasteiger partial charge in [0.25, 0.3) is 5.91 Å². The van der Waals surface area contributed by atoms with Crippen molar-refractivity contribution in [2.45, 2.75) is 25.6 Å². The minimum absolute atomic E-state index is 0.000474. The Hall–Kier alpha value is -2.13. The lowest BCUT2D eigenvalue weighted by Crippen LogP contribution is -2.64. The molecule has 1 fully saturated rings. The van der Waals surface area contributed by atoms with E-state index in [-0.39, 0.29) is 10.9 Å². The molecule has 1 heterocycles. The monoisotopic (exact) mass is 313 g/mol. The molecule has 0 bridgehead atoms. The van der Waals surface area contributed by atoms with Gasteiger partial charge < -0.3 is 9.84 Å². The van der Waals surface area contributed by atoms with E-state index in [1.807, 2.05) is 6.07 Å². The minimum atomic E-state index is -4.62. The molecule has 9 heteroatoms. The number of nitrogens with zero attached hydrogens (tertiary/aromatic N) is 2. The molecule has 8 nitrogen and oxygen atoms in total. The molecule has 0 unspecified atom stereocenters. The van der Waals surface area contributed by atoms with E-state index in [4.69, 9.17) is 9.29 Å². The van der Waals surface area contributed by atoms with Crippen LogP contribution >= 0.6 is 0 Å². The van der Waals surface area contributed by atoms with E-state index in [1.165, 1.54) is 6.92 Å². The average molecular weight is 313 g/mol. The van der Waals surface area contributed by atoms with E-state index < -0.39 is 34.4 Å². The summed E-state index contributed by atoms with van der Waals surface area (Å²) in [4.78, 5) is 15.0. The highest BCUT2D eigenvalue weighted by Crippen LogP contribution is 2.25.